The lowest BCUT2D eigenvalue weighted by Gasteiger charge is -2.49. The van der Waals surface area contributed by atoms with Crippen LogP contribution in [-0.2, 0) is 0 Å². The lowest BCUT2D eigenvalue weighted by atomic mass is 9.67. The molecule has 1 atom stereocenters. The Morgan fingerprint density at radius 3 is 2.27 bits per heavy atom. The zero-order valence-corrected chi connectivity index (χ0v) is 10.8. The highest BCUT2D eigenvalue weighted by Crippen LogP contribution is 2.45. The maximum absolute atomic E-state index is 2.65. The van der Waals surface area contributed by atoms with E-state index < -0.39 is 0 Å². The molecule has 15 heavy (non-hydrogen) atoms. The monoisotopic (exact) mass is 209 g/mol. The van der Waals surface area contributed by atoms with E-state index in [1.807, 2.05) is 0 Å². The van der Waals surface area contributed by atoms with Crippen LogP contribution in [0.1, 0.15) is 58.8 Å². The summed E-state index contributed by atoms with van der Waals surface area (Å²) in [6, 6.07) is 0.845. The molecule has 2 fully saturated rings. The molecule has 0 amide bonds. The summed E-state index contributed by atoms with van der Waals surface area (Å²) in [5.74, 6) is 0.830. The molecular weight excluding hydrogens is 182 g/mol. The fourth-order valence-corrected chi connectivity index (χ4v) is 3.95. The number of piperidine rings is 1. The second-order valence-electron chi connectivity index (χ2n) is 6.33. The molecule has 1 aliphatic heterocycles. The standard InChI is InChI=1S/C14H27N/c1-12(2)13-7-10-14(11-15(13)3)8-5-4-6-9-14/h12-13H,4-11H2,1-3H3/t13-/m1/s1. The summed E-state index contributed by atoms with van der Waals surface area (Å²) in [4.78, 5) is 2.65. The van der Waals surface area contributed by atoms with E-state index >= 15 is 0 Å². The van der Waals surface area contributed by atoms with Gasteiger partial charge in [0.25, 0.3) is 0 Å². The van der Waals surface area contributed by atoms with Crippen LogP contribution in [0.5, 0.6) is 0 Å². The predicted molar refractivity (Wildman–Crippen MR) is 66.0 cm³/mol. The van der Waals surface area contributed by atoms with Crippen molar-refractivity contribution in [3.63, 3.8) is 0 Å². The van der Waals surface area contributed by atoms with Gasteiger partial charge in [-0.25, -0.2) is 0 Å². The summed E-state index contributed by atoms with van der Waals surface area (Å²) in [5, 5.41) is 0. The Morgan fingerprint density at radius 2 is 1.73 bits per heavy atom. The fourth-order valence-electron chi connectivity index (χ4n) is 3.95. The van der Waals surface area contributed by atoms with Gasteiger partial charge in [0.15, 0.2) is 0 Å². The minimum atomic E-state index is 0.721. The number of nitrogens with zero attached hydrogens (tertiary/aromatic N) is 1. The summed E-state index contributed by atoms with van der Waals surface area (Å²) in [6.45, 7) is 6.12. The van der Waals surface area contributed by atoms with Gasteiger partial charge >= 0.3 is 0 Å². The molecule has 1 nitrogen and oxygen atoms in total. The number of rotatable bonds is 1. The largest absolute Gasteiger partial charge is 0.303 e. The van der Waals surface area contributed by atoms with E-state index in [1.165, 1.54) is 51.5 Å². The summed E-state index contributed by atoms with van der Waals surface area (Å²) >= 11 is 0. The van der Waals surface area contributed by atoms with Crippen molar-refractivity contribution in [3.8, 4) is 0 Å². The van der Waals surface area contributed by atoms with Crippen LogP contribution in [0.3, 0.4) is 0 Å². The summed E-state index contributed by atoms with van der Waals surface area (Å²) in [7, 11) is 2.35. The maximum atomic E-state index is 2.65. The minimum Gasteiger partial charge on any atom is -0.303 e. The Balaban J connectivity index is 1.97. The van der Waals surface area contributed by atoms with Gasteiger partial charge < -0.3 is 4.90 Å². The van der Waals surface area contributed by atoms with E-state index in [0.717, 1.165) is 17.4 Å². The summed E-state index contributed by atoms with van der Waals surface area (Å²) in [6.07, 6.45) is 10.4. The molecule has 0 bridgehead atoms. The van der Waals surface area contributed by atoms with Crippen molar-refractivity contribution < 1.29 is 0 Å². The zero-order valence-electron chi connectivity index (χ0n) is 10.8. The van der Waals surface area contributed by atoms with Crippen LogP contribution in [0.15, 0.2) is 0 Å². The SMILES string of the molecule is CC(C)[C@H]1CCC2(CCCCC2)CN1C. The highest BCUT2D eigenvalue weighted by atomic mass is 15.1. The molecule has 1 saturated heterocycles. The van der Waals surface area contributed by atoms with Gasteiger partial charge in [-0.05, 0) is 44.1 Å². The van der Waals surface area contributed by atoms with Crippen molar-refractivity contribution in [2.45, 2.75) is 64.8 Å². The van der Waals surface area contributed by atoms with Crippen molar-refractivity contribution in [2.24, 2.45) is 11.3 Å². The van der Waals surface area contributed by atoms with Gasteiger partial charge in [-0.2, -0.15) is 0 Å². The van der Waals surface area contributed by atoms with Crippen molar-refractivity contribution in [1.82, 2.24) is 4.90 Å². The number of hydrogen-bond acceptors (Lipinski definition) is 1. The first-order chi connectivity index (χ1) is 7.13. The molecule has 1 heteroatoms. The fraction of sp³-hybridized carbons (Fsp3) is 1.00. The highest BCUT2D eigenvalue weighted by Gasteiger charge is 2.39. The van der Waals surface area contributed by atoms with Gasteiger partial charge in [0, 0.05) is 12.6 Å². The van der Waals surface area contributed by atoms with E-state index in [0.29, 0.717) is 0 Å². The van der Waals surface area contributed by atoms with Crippen molar-refractivity contribution in [3.05, 3.63) is 0 Å². The molecule has 0 aromatic carbocycles. The van der Waals surface area contributed by atoms with Gasteiger partial charge in [-0.15, -0.1) is 0 Å². The quantitative estimate of drug-likeness (QED) is 0.636. The molecule has 1 aliphatic carbocycles. The normalized spacial score (nSPS) is 32.4. The maximum Gasteiger partial charge on any atom is 0.0116 e. The average molecular weight is 209 g/mol. The zero-order chi connectivity index (χ0) is 10.9. The lowest BCUT2D eigenvalue weighted by Crippen LogP contribution is -2.49. The third-order valence-corrected chi connectivity index (χ3v) is 4.81. The van der Waals surface area contributed by atoms with Gasteiger partial charge in [-0.1, -0.05) is 33.1 Å². The first-order valence-electron chi connectivity index (χ1n) is 6.83. The summed E-state index contributed by atoms with van der Waals surface area (Å²) < 4.78 is 0. The number of likely N-dealkylation sites (tertiary alicyclic amines) is 1. The molecule has 1 saturated carbocycles. The van der Waals surface area contributed by atoms with Crippen molar-refractivity contribution >= 4 is 0 Å². The van der Waals surface area contributed by atoms with Crippen LogP contribution in [0.25, 0.3) is 0 Å². The van der Waals surface area contributed by atoms with E-state index in [4.69, 9.17) is 0 Å². The second kappa shape index (κ2) is 4.45. The Labute approximate surface area is 95.2 Å². The van der Waals surface area contributed by atoms with Crippen LogP contribution < -0.4 is 0 Å². The first kappa shape index (κ1) is 11.4. The topological polar surface area (TPSA) is 3.24 Å². The molecule has 0 radical (unpaired) electrons. The van der Waals surface area contributed by atoms with Gasteiger partial charge in [-0.3, -0.25) is 0 Å². The molecular formula is C14H27N. The van der Waals surface area contributed by atoms with E-state index in [2.05, 4.69) is 25.8 Å². The van der Waals surface area contributed by atoms with E-state index in [9.17, 15) is 0 Å². The molecule has 2 rings (SSSR count). The lowest BCUT2D eigenvalue weighted by molar-refractivity contribution is 0.0166. The van der Waals surface area contributed by atoms with E-state index in [1.54, 1.807) is 0 Å². The highest BCUT2D eigenvalue weighted by molar-refractivity contribution is 4.92. The van der Waals surface area contributed by atoms with Crippen molar-refractivity contribution in [1.29, 1.82) is 0 Å². The van der Waals surface area contributed by atoms with Gasteiger partial charge in [0.05, 0.1) is 0 Å². The average Bonchev–Trinajstić information content (AvgIpc) is 2.18. The molecule has 0 aromatic rings. The van der Waals surface area contributed by atoms with Crippen LogP contribution in [0.2, 0.25) is 0 Å². The Hall–Kier alpha value is -0.0400. The molecule has 0 N–H and O–H groups in total. The predicted octanol–water partition coefficient (Wildman–Crippen LogP) is 3.69. The van der Waals surface area contributed by atoms with Crippen molar-refractivity contribution in [2.75, 3.05) is 13.6 Å². The van der Waals surface area contributed by atoms with Gasteiger partial charge in [0.1, 0.15) is 0 Å². The molecule has 2 aliphatic rings. The molecule has 1 heterocycles. The van der Waals surface area contributed by atoms with Crippen LogP contribution in [0.4, 0.5) is 0 Å². The Morgan fingerprint density at radius 1 is 1.07 bits per heavy atom. The Kier molecular flexibility index (Phi) is 3.39. The molecule has 0 unspecified atom stereocenters. The summed E-state index contributed by atoms with van der Waals surface area (Å²) in [5.41, 5.74) is 0.721. The minimum absolute atomic E-state index is 0.721. The molecule has 0 aromatic heterocycles. The Bertz CT molecular complexity index is 203. The van der Waals surface area contributed by atoms with Gasteiger partial charge in [0.2, 0.25) is 0 Å². The van der Waals surface area contributed by atoms with Crippen LogP contribution in [0, 0.1) is 11.3 Å². The smallest absolute Gasteiger partial charge is 0.0116 e. The third-order valence-electron chi connectivity index (χ3n) is 4.81. The van der Waals surface area contributed by atoms with Crippen LogP contribution in [-0.4, -0.2) is 24.5 Å². The third kappa shape index (κ3) is 2.38. The second-order valence-corrected chi connectivity index (χ2v) is 6.33. The number of hydrogen-bond donors (Lipinski definition) is 0. The van der Waals surface area contributed by atoms with E-state index in [-0.39, 0.29) is 0 Å². The van der Waals surface area contributed by atoms with Crippen LogP contribution >= 0.6 is 0 Å². The first-order valence-corrected chi connectivity index (χ1v) is 6.83. The molecule has 88 valence electrons. The molecule has 1 spiro atoms.